The normalized spacial score (nSPS) is 13.2. The molecular formula is C12H22O. The fourth-order valence-electron chi connectivity index (χ4n) is 1.88. The van der Waals surface area contributed by atoms with Gasteiger partial charge in [0.1, 0.15) is 0 Å². The van der Waals surface area contributed by atoms with Crippen molar-refractivity contribution >= 4 is 5.78 Å². The molecule has 1 nitrogen and oxygen atoms in total. The molecule has 0 unspecified atom stereocenters. The summed E-state index contributed by atoms with van der Waals surface area (Å²) in [6.45, 7) is 10.3. The first-order valence-corrected chi connectivity index (χ1v) is 5.19. The highest BCUT2D eigenvalue weighted by molar-refractivity contribution is 5.96. The molecule has 0 bridgehead atoms. The van der Waals surface area contributed by atoms with Gasteiger partial charge in [-0.25, -0.2) is 0 Å². The highest BCUT2D eigenvalue weighted by Gasteiger charge is 2.25. The molecule has 0 rings (SSSR count). The number of carbonyl (C=O) groups is 1. The summed E-state index contributed by atoms with van der Waals surface area (Å²) in [6, 6.07) is 0. The Labute approximate surface area is 82.2 Å². The summed E-state index contributed by atoms with van der Waals surface area (Å²) in [4.78, 5) is 11.6. The molecular weight excluding hydrogens is 160 g/mol. The van der Waals surface area contributed by atoms with Gasteiger partial charge in [0.25, 0.3) is 0 Å². The largest absolute Gasteiger partial charge is 0.295 e. The molecule has 0 saturated heterocycles. The summed E-state index contributed by atoms with van der Waals surface area (Å²) >= 11 is 0. The summed E-state index contributed by atoms with van der Waals surface area (Å²) in [5, 5.41) is 0. The molecule has 0 aromatic rings. The molecule has 0 aliphatic rings. The Balaban J connectivity index is 4.67. The maximum atomic E-state index is 11.6. The molecule has 0 aromatic heterocycles. The number of rotatable bonds is 5. The van der Waals surface area contributed by atoms with Gasteiger partial charge in [0.05, 0.1) is 0 Å². The van der Waals surface area contributed by atoms with E-state index in [0.29, 0.717) is 12.2 Å². The topological polar surface area (TPSA) is 17.1 Å². The van der Waals surface area contributed by atoms with Crippen LogP contribution in [-0.4, -0.2) is 5.78 Å². The number of carbonyl (C=O) groups excluding carboxylic acids is 1. The van der Waals surface area contributed by atoms with E-state index in [1.807, 2.05) is 19.9 Å². The second-order valence-electron chi connectivity index (χ2n) is 4.11. The Morgan fingerprint density at radius 3 is 2.15 bits per heavy atom. The van der Waals surface area contributed by atoms with Gasteiger partial charge < -0.3 is 0 Å². The Kier molecular flexibility index (Phi) is 4.97. The summed E-state index contributed by atoms with van der Waals surface area (Å²) in [5.74, 6) is 0.293. The van der Waals surface area contributed by atoms with Gasteiger partial charge in [-0.2, -0.15) is 0 Å². The van der Waals surface area contributed by atoms with Crippen molar-refractivity contribution < 1.29 is 4.79 Å². The Morgan fingerprint density at radius 2 is 1.85 bits per heavy atom. The van der Waals surface area contributed by atoms with Crippen LogP contribution < -0.4 is 0 Å². The molecule has 0 aliphatic carbocycles. The molecule has 1 heteroatoms. The van der Waals surface area contributed by atoms with E-state index in [9.17, 15) is 4.79 Å². The smallest absolute Gasteiger partial charge is 0.158 e. The van der Waals surface area contributed by atoms with E-state index in [1.54, 1.807) is 0 Å². The number of ketones is 1. The van der Waals surface area contributed by atoms with Gasteiger partial charge in [0, 0.05) is 6.42 Å². The molecule has 0 radical (unpaired) electrons. The molecule has 0 atom stereocenters. The third-order valence-corrected chi connectivity index (χ3v) is 2.51. The van der Waals surface area contributed by atoms with Crippen LogP contribution in [0.1, 0.15) is 53.9 Å². The summed E-state index contributed by atoms with van der Waals surface area (Å²) < 4.78 is 0. The third-order valence-electron chi connectivity index (χ3n) is 2.51. The summed E-state index contributed by atoms with van der Waals surface area (Å²) in [7, 11) is 0. The minimum atomic E-state index is 0.0522. The van der Waals surface area contributed by atoms with E-state index in [0.717, 1.165) is 18.4 Å². The van der Waals surface area contributed by atoms with E-state index >= 15 is 0 Å². The average Bonchev–Trinajstić information content (AvgIpc) is 2.04. The molecule has 0 aromatic carbocycles. The molecule has 76 valence electrons. The first kappa shape index (κ1) is 12.4. The minimum absolute atomic E-state index is 0.0522. The summed E-state index contributed by atoms with van der Waals surface area (Å²) in [5.41, 5.74) is 1.05. The maximum Gasteiger partial charge on any atom is 0.158 e. The van der Waals surface area contributed by atoms with Crippen molar-refractivity contribution in [3.8, 4) is 0 Å². The van der Waals surface area contributed by atoms with Crippen LogP contribution in [0.25, 0.3) is 0 Å². The molecule has 0 saturated carbocycles. The highest BCUT2D eigenvalue weighted by Crippen LogP contribution is 2.32. The van der Waals surface area contributed by atoms with Crippen LogP contribution in [0.3, 0.4) is 0 Å². The number of Topliss-reactive ketones (excluding diaryl/α,β-unsaturated/α-hetero) is 1. The van der Waals surface area contributed by atoms with Crippen molar-refractivity contribution in [3.05, 3.63) is 11.6 Å². The molecule has 0 aliphatic heterocycles. The monoisotopic (exact) mass is 182 g/mol. The zero-order valence-corrected chi connectivity index (χ0v) is 9.61. The fraction of sp³-hybridized carbons (Fsp3) is 0.750. The van der Waals surface area contributed by atoms with E-state index in [4.69, 9.17) is 0 Å². The first-order valence-electron chi connectivity index (χ1n) is 5.19. The molecule has 0 heterocycles. The predicted molar refractivity (Wildman–Crippen MR) is 57.7 cm³/mol. The predicted octanol–water partition coefficient (Wildman–Crippen LogP) is 3.74. The molecule has 0 spiro atoms. The van der Waals surface area contributed by atoms with Crippen molar-refractivity contribution in [2.45, 2.75) is 53.9 Å². The van der Waals surface area contributed by atoms with E-state index in [-0.39, 0.29) is 5.41 Å². The van der Waals surface area contributed by atoms with Crippen LogP contribution >= 0.6 is 0 Å². The van der Waals surface area contributed by atoms with Gasteiger partial charge in [-0.05, 0) is 24.3 Å². The van der Waals surface area contributed by atoms with Crippen LogP contribution in [0.2, 0.25) is 0 Å². The molecule has 0 fully saturated rings. The Hall–Kier alpha value is -0.590. The van der Waals surface area contributed by atoms with Crippen LogP contribution in [0, 0.1) is 5.41 Å². The zero-order valence-electron chi connectivity index (χ0n) is 9.61. The molecule has 0 N–H and O–H groups in total. The maximum absolute atomic E-state index is 11.6. The fourth-order valence-corrected chi connectivity index (χ4v) is 1.88. The second kappa shape index (κ2) is 5.21. The lowest BCUT2D eigenvalue weighted by Gasteiger charge is -2.26. The highest BCUT2D eigenvalue weighted by atomic mass is 16.1. The second-order valence-corrected chi connectivity index (χ2v) is 4.11. The van der Waals surface area contributed by atoms with E-state index in [2.05, 4.69) is 20.8 Å². The number of hydrogen-bond donors (Lipinski definition) is 0. The quantitative estimate of drug-likeness (QED) is 0.592. The van der Waals surface area contributed by atoms with E-state index < -0.39 is 0 Å². The average molecular weight is 182 g/mol. The van der Waals surface area contributed by atoms with Gasteiger partial charge in [-0.1, -0.05) is 40.2 Å². The Morgan fingerprint density at radius 1 is 1.31 bits per heavy atom. The van der Waals surface area contributed by atoms with Crippen LogP contribution in [0.5, 0.6) is 0 Å². The SMILES string of the molecule is C/C=C(/C(=O)CC)C(C)(C)CCC. The lowest BCUT2D eigenvalue weighted by Crippen LogP contribution is -2.20. The van der Waals surface area contributed by atoms with Gasteiger partial charge in [-0.3, -0.25) is 4.79 Å². The molecule has 13 heavy (non-hydrogen) atoms. The van der Waals surface area contributed by atoms with Crippen molar-refractivity contribution in [2.24, 2.45) is 5.41 Å². The van der Waals surface area contributed by atoms with Crippen molar-refractivity contribution in [2.75, 3.05) is 0 Å². The third kappa shape index (κ3) is 3.33. The zero-order chi connectivity index (χ0) is 10.5. The van der Waals surface area contributed by atoms with Crippen molar-refractivity contribution in [1.82, 2.24) is 0 Å². The lowest BCUT2D eigenvalue weighted by molar-refractivity contribution is -0.116. The van der Waals surface area contributed by atoms with Gasteiger partial charge in [0.15, 0.2) is 5.78 Å². The lowest BCUT2D eigenvalue weighted by atomic mass is 9.77. The van der Waals surface area contributed by atoms with Crippen molar-refractivity contribution in [1.29, 1.82) is 0 Å². The first-order chi connectivity index (χ1) is 5.99. The summed E-state index contributed by atoms with van der Waals surface area (Å²) in [6.07, 6.45) is 4.80. The van der Waals surface area contributed by atoms with Crippen molar-refractivity contribution in [3.63, 3.8) is 0 Å². The van der Waals surface area contributed by atoms with Crippen LogP contribution in [0.15, 0.2) is 11.6 Å². The van der Waals surface area contributed by atoms with Crippen LogP contribution in [0.4, 0.5) is 0 Å². The minimum Gasteiger partial charge on any atom is -0.295 e. The molecule has 0 amide bonds. The van der Waals surface area contributed by atoms with E-state index in [1.165, 1.54) is 0 Å². The van der Waals surface area contributed by atoms with Crippen LogP contribution in [-0.2, 0) is 4.79 Å². The number of allylic oxidation sites excluding steroid dienone is 2. The van der Waals surface area contributed by atoms with Gasteiger partial charge >= 0.3 is 0 Å². The van der Waals surface area contributed by atoms with Gasteiger partial charge in [-0.15, -0.1) is 0 Å². The number of hydrogen-bond acceptors (Lipinski definition) is 1. The Bertz CT molecular complexity index is 199. The van der Waals surface area contributed by atoms with Gasteiger partial charge in [0.2, 0.25) is 0 Å². The standard InChI is InChI=1S/C12H22O/c1-6-9-12(4,5)10(7-2)11(13)8-3/h7H,6,8-9H2,1-5H3/b10-7-.